The number of sulfonamides is 1. The van der Waals surface area contributed by atoms with Gasteiger partial charge in [-0.2, -0.15) is 0 Å². The van der Waals surface area contributed by atoms with E-state index in [-0.39, 0.29) is 34.8 Å². The molecule has 1 fully saturated rings. The van der Waals surface area contributed by atoms with Crippen molar-refractivity contribution in [3.05, 3.63) is 65.2 Å². The molecule has 8 heteroatoms. The van der Waals surface area contributed by atoms with Crippen LogP contribution in [0.25, 0.3) is 0 Å². The molecule has 0 radical (unpaired) electrons. The lowest BCUT2D eigenvalue weighted by Gasteiger charge is -2.37. The molecule has 1 aliphatic heterocycles. The summed E-state index contributed by atoms with van der Waals surface area (Å²) in [7, 11) is -3.75. The minimum absolute atomic E-state index is 0.0105. The standard InChI is InChI=1S/C23H30ClN3O3S/c1-18-12-15-27(16-13-18)21(19-7-3-2-4-8-19)17-25-23(28)11-14-26-31(29,30)22-10-6-5-9-20(22)24/h2-10,18,21,26H,11-17H2,1H3,(H,25,28). The summed E-state index contributed by atoms with van der Waals surface area (Å²) in [6, 6.07) is 16.5. The Morgan fingerprint density at radius 2 is 1.74 bits per heavy atom. The number of benzene rings is 2. The van der Waals surface area contributed by atoms with E-state index >= 15 is 0 Å². The van der Waals surface area contributed by atoms with Gasteiger partial charge in [-0.25, -0.2) is 13.1 Å². The fraction of sp³-hybridized carbons (Fsp3) is 0.435. The van der Waals surface area contributed by atoms with Gasteiger partial charge in [0.15, 0.2) is 0 Å². The van der Waals surface area contributed by atoms with Gasteiger partial charge in [0, 0.05) is 19.5 Å². The van der Waals surface area contributed by atoms with Crippen LogP contribution in [0, 0.1) is 5.92 Å². The Morgan fingerprint density at radius 1 is 1.10 bits per heavy atom. The number of piperidine rings is 1. The molecule has 6 nitrogen and oxygen atoms in total. The number of halogens is 1. The molecule has 2 N–H and O–H groups in total. The van der Waals surface area contributed by atoms with Crippen molar-refractivity contribution in [3.63, 3.8) is 0 Å². The predicted molar refractivity (Wildman–Crippen MR) is 123 cm³/mol. The van der Waals surface area contributed by atoms with Crippen molar-refractivity contribution >= 4 is 27.5 Å². The number of hydrogen-bond acceptors (Lipinski definition) is 4. The number of carbonyl (C=O) groups excluding carboxylic acids is 1. The van der Waals surface area contributed by atoms with Gasteiger partial charge >= 0.3 is 0 Å². The number of nitrogens with zero attached hydrogens (tertiary/aromatic N) is 1. The Morgan fingerprint density at radius 3 is 2.42 bits per heavy atom. The van der Waals surface area contributed by atoms with E-state index in [1.54, 1.807) is 12.1 Å². The second-order valence-electron chi connectivity index (χ2n) is 8.03. The zero-order chi connectivity index (χ0) is 22.3. The van der Waals surface area contributed by atoms with E-state index in [0.29, 0.717) is 6.54 Å². The summed E-state index contributed by atoms with van der Waals surface area (Å²) in [6.07, 6.45) is 2.37. The highest BCUT2D eigenvalue weighted by atomic mass is 35.5. The lowest BCUT2D eigenvalue weighted by atomic mass is 9.95. The molecule has 1 saturated heterocycles. The lowest BCUT2D eigenvalue weighted by molar-refractivity contribution is -0.121. The van der Waals surface area contributed by atoms with Gasteiger partial charge in [-0.3, -0.25) is 9.69 Å². The van der Waals surface area contributed by atoms with E-state index in [1.807, 2.05) is 18.2 Å². The Hall–Kier alpha value is -1.93. The molecule has 168 valence electrons. The topological polar surface area (TPSA) is 78.5 Å². The highest BCUT2D eigenvalue weighted by molar-refractivity contribution is 7.89. The molecule has 1 amide bonds. The lowest BCUT2D eigenvalue weighted by Crippen LogP contribution is -2.42. The fourth-order valence-electron chi connectivity index (χ4n) is 3.81. The predicted octanol–water partition coefficient (Wildman–Crippen LogP) is 3.60. The Bertz CT molecular complexity index is 961. The number of carbonyl (C=O) groups is 1. The number of amides is 1. The van der Waals surface area contributed by atoms with Gasteiger partial charge in [-0.05, 0) is 49.5 Å². The van der Waals surface area contributed by atoms with Gasteiger partial charge in [0.2, 0.25) is 15.9 Å². The molecule has 0 aliphatic carbocycles. The van der Waals surface area contributed by atoms with Crippen LogP contribution >= 0.6 is 11.6 Å². The van der Waals surface area contributed by atoms with Gasteiger partial charge in [0.25, 0.3) is 0 Å². The van der Waals surface area contributed by atoms with Crippen LogP contribution < -0.4 is 10.0 Å². The van der Waals surface area contributed by atoms with Crippen molar-refractivity contribution in [3.8, 4) is 0 Å². The van der Waals surface area contributed by atoms with Crippen molar-refractivity contribution in [1.29, 1.82) is 0 Å². The van der Waals surface area contributed by atoms with Crippen LogP contribution in [0.5, 0.6) is 0 Å². The zero-order valence-corrected chi connectivity index (χ0v) is 19.3. The number of likely N-dealkylation sites (tertiary alicyclic amines) is 1. The molecular weight excluding hydrogens is 434 g/mol. The van der Waals surface area contributed by atoms with Gasteiger partial charge in [-0.15, -0.1) is 0 Å². The second-order valence-corrected chi connectivity index (χ2v) is 10.2. The largest absolute Gasteiger partial charge is 0.354 e. The minimum Gasteiger partial charge on any atom is -0.354 e. The van der Waals surface area contributed by atoms with Crippen LogP contribution in [-0.4, -0.2) is 45.4 Å². The Balaban J connectivity index is 1.53. The summed E-state index contributed by atoms with van der Waals surface area (Å²) in [6.45, 7) is 4.80. The van der Waals surface area contributed by atoms with Crippen LogP contribution in [0.4, 0.5) is 0 Å². The van der Waals surface area contributed by atoms with E-state index < -0.39 is 10.0 Å². The fourth-order valence-corrected chi connectivity index (χ4v) is 5.36. The number of rotatable bonds is 9. The Labute approximate surface area is 190 Å². The zero-order valence-electron chi connectivity index (χ0n) is 17.8. The summed E-state index contributed by atoms with van der Waals surface area (Å²) in [5.74, 6) is 0.543. The maximum Gasteiger partial charge on any atom is 0.242 e. The average molecular weight is 464 g/mol. The summed E-state index contributed by atoms with van der Waals surface area (Å²) < 4.78 is 27.2. The van der Waals surface area contributed by atoms with Gasteiger partial charge < -0.3 is 5.32 Å². The minimum atomic E-state index is -3.75. The first-order valence-electron chi connectivity index (χ1n) is 10.7. The van der Waals surface area contributed by atoms with Crippen molar-refractivity contribution in [2.75, 3.05) is 26.2 Å². The van der Waals surface area contributed by atoms with Crippen molar-refractivity contribution in [2.45, 2.75) is 37.1 Å². The first kappa shape index (κ1) is 23.7. The van der Waals surface area contributed by atoms with E-state index in [4.69, 9.17) is 11.6 Å². The van der Waals surface area contributed by atoms with Crippen LogP contribution in [0.15, 0.2) is 59.5 Å². The monoisotopic (exact) mass is 463 g/mol. The molecule has 1 aliphatic rings. The van der Waals surface area contributed by atoms with Crippen molar-refractivity contribution in [1.82, 2.24) is 14.9 Å². The molecule has 1 unspecified atom stereocenters. The third kappa shape index (κ3) is 6.77. The molecule has 0 aromatic heterocycles. The Kier molecular flexibility index (Phi) is 8.49. The molecule has 0 spiro atoms. The summed E-state index contributed by atoms with van der Waals surface area (Å²) in [4.78, 5) is 14.9. The second kappa shape index (κ2) is 11.1. The summed E-state index contributed by atoms with van der Waals surface area (Å²) in [5.41, 5.74) is 1.18. The third-order valence-corrected chi connectivity index (χ3v) is 7.67. The van der Waals surface area contributed by atoms with E-state index in [9.17, 15) is 13.2 Å². The first-order chi connectivity index (χ1) is 14.9. The molecule has 1 atom stereocenters. The highest BCUT2D eigenvalue weighted by Crippen LogP contribution is 2.26. The number of hydrogen-bond donors (Lipinski definition) is 2. The summed E-state index contributed by atoms with van der Waals surface area (Å²) in [5, 5.41) is 3.14. The van der Waals surface area contributed by atoms with Crippen LogP contribution in [0.3, 0.4) is 0 Å². The molecular formula is C23H30ClN3O3S. The quantitative estimate of drug-likeness (QED) is 0.595. The van der Waals surface area contributed by atoms with Crippen LogP contribution in [0.2, 0.25) is 5.02 Å². The van der Waals surface area contributed by atoms with E-state index in [1.165, 1.54) is 17.7 Å². The molecule has 3 rings (SSSR count). The normalized spacial score (nSPS) is 16.7. The highest BCUT2D eigenvalue weighted by Gasteiger charge is 2.25. The summed E-state index contributed by atoms with van der Waals surface area (Å²) >= 11 is 5.97. The maximum atomic E-state index is 12.4. The molecule has 2 aromatic rings. The molecule has 31 heavy (non-hydrogen) atoms. The van der Waals surface area contributed by atoms with Crippen LogP contribution in [0.1, 0.15) is 37.8 Å². The van der Waals surface area contributed by atoms with Gasteiger partial charge in [-0.1, -0.05) is 61.0 Å². The molecule has 0 bridgehead atoms. The average Bonchev–Trinajstić information content (AvgIpc) is 2.76. The van der Waals surface area contributed by atoms with Crippen LogP contribution in [-0.2, 0) is 14.8 Å². The van der Waals surface area contributed by atoms with Crippen molar-refractivity contribution in [2.24, 2.45) is 5.92 Å². The number of nitrogens with one attached hydrogen (secondary N) is 2. The first-order valence-corrected chi connectivity index (χ1v) is 12.5. The van der Waals surface area contributed by atoms with E-state index in [2.05, 4.69) is 34.0 Å². The maximum absolute atomic E-state index is 12.4. The molecule has 1 heterocycles. The molecule has 0 saturated carbocycles. The van der Waals surface area contributed by atoms with Crippen molar-refractivity contribution < 1.29 is 13.2 Å². The smallest absolute Gasteiger partial charge is 0.242 e. The SMILES string of the molecule is CC1CCN(C(CNC(=O)CCNS(=O)(=O)c2ccccc2Cl)c2ccccc2)CC1. The molecule has 2 aromatic carbocycles. The van der Waals surface area contributed by atoms with Gasteiger partial charge in [0.1, 0.15) is 4.90 Å². The van der Waals surface area contributed by atoms with Gasteiger partial charge in [0.05, 0.1) is 11.1 Å². The van der Waals surface area contributed by atoms with E-state index in [0.717, 1.165) is 31.8 Å². The third-order valence-electron chi connectivity index (χ3n) is 5.71.